The Labute approximate surface area is 110 Å². The molecule has 0 saturated carbocycles. The van der Waals surface area contributed by atoms with Crippen LogP contribution >= 0.6 is 0 Å². The number of likely N-dealkylation sites (N-methyl/N-ethyl adjacent to an activating group) is 1. The van der Waals surface area contributed by atoms with E-state index >= 15 is 0 Å². The molecular weight excluding hydrogens is 226 g/mol. The van der Waals surface area contributed by atoms with Gasteiger partial charge < -0.3 is 15.4 Å². The monoisotopic (exact) mass is 251 g/mol. The van der Waals surface area contributed by atoms with E-state index in [2.05, 4.69) is 36.7 Å². The Morgan fingerprint density at radius 2 is 2.11 bits per heavy atom. The van der Waals surface area contributed by atoms with Gasteiger partial charge in [0, 0.05) is 25.7 Å². The van der Waals surface area contributed by atoms with Crippen LogP contribution in [0, 0.1) is 0 Å². The Kier molecular flexibility index (Phi) is 6.09. The van der Waals surface area contributed by atoms with E-state index in [0.29, 0.717) is 12.6 Å². The van der Waals surface area contributed by atoms with Crippen molar-refractivity contribution < 1.29 is 4.74 Å². The fourth-order valence-corrected chi connectivity index (χ4v) is 2.08. The highest BCUT2D eigenvalue weighted by Gasteiger charge is 2.13. The molecule has 0 fully saturated rings. The Morgan fingerprint density at radius 1 is 1.39 bits per heavy atom. The van der Waals surface area contributed by atoms with E-state index in [0.717, 1.165) is 24.3 Å². The second-order valence-electron chi connectivity index (χ2n) is 4.55. The van der Waals surface area contributed by atoms with Crippen molar-refractivity contribution in [2.24, 2.45) is 5.73 Å². The third-order valence-corrected chi connectivity index (χ3v) is 3.20. The molecule has 0 spiro atoms. The minimum absolute atomic E-state index is 0.0329. The largest absolute Gasteiger partial charge is 0.383 e. The van der Waals surface area contributed by atoms with Crippen LogP contribution in [0.4, 0.5) is 5.69 Å². The number of nitrogens with two attached hydrogens (primary N) is 1. The fourth-order valence-electron chi connectivity index (χ4n) is 2.08. The average Bonchev–Trinajstić information content (AvgIpc) is 2.40. The van der Waals surface area contributed by atoms with Crippen molar-refractivity contribution >= 4 is 5.69 Å². The third-order valence-electron chi connectivity index (χ3n) is 3.20. The maximum absolute atomic E-state index is 5.96. The number of ether oxygens (including phenoxy) is 1. The van der Waals surface area contributed by atoms with Crippen LogP contribution in [-0.4, -0.2) is 31.3 Å². The molecule has 0 saturated heterocycles. The second-order valence-corrected chi connectivity index (χ2v) is 4.55. The highest BCUT2D eigenvalue weighted by molar-refractivity contribution is 5.45. The van der Waals surface area contributed by atoms with E-state index in [1.165, 1.54) is 0 Å². The fraction of sp³-hybridized carbons (Fsp3) is 0.643. The minimum Gasteiger partial charge on any atom is -0.383 e. The highest BCUT2D eigenvalue weighted by atomic mass is 16.5. The van der Waals surface area contributed by atoms with Crippen LogP contribution < -0.4 is 10.6 Å². The summed E-state index contributed by atoms with van der Waals surface area (Å²) in [5.41, 5.74) is 8.04. The van der Waals surface area contributed by atoms with Crippen LogP contribution in [0.1, 0.15) is 38.9 Å². The summed E-state index contributed by atoms with van der Waals surface area (Å²) < 4.78 is 5.21. The lowest BCUT2D eigenvalue weighted by atomic mass is 10.1. The van der Waals surface area contributed by atoms with E-state index in [1.807, 2.05) is 12.3 Å². The zero-order chi connectivity index (χ0) is 13.5. The molecule has 18 heavy (non-hydrogen) atoms. The van der Waals surface area contributed by atoms with E-state index in [-0.39, 0.29) is 6.04 Å². The van der Waals surface area contributed by atoms with E-state index in [1.54, 1.807) is 7.11 Å². The first kappa shape index (κ1) is 14.9. The molecule has 0 radical (unpaired) electrons. The quantitative estimate of drug-likeness (QED) is 0.808. The maximum Gasteiger partial charge on any atom is 0.0663 e. The van der Waals surface area contributed by atoms with Crippen molar-refractivity contribution in [2.75, 3.05) is 25.2 Å². The number of nitrogens with zero attached hydrogens (tertiary/aromatic N) is 2. The molecule has 2 N–H and O–H groups in total. The van der Waals surface area contributed by atoms with Crippen LogP contribution in [0.2, 0.25) is 0 Å². The first-order valence-corrected chi connectivity index (χ1v) is 6.61. The predicted octanol–water partition coefficient (Wildman–Crippen LogP) is 2.35. The lowest BCUT2D eigenvalue weighted by Crippen LogP contribution is -2.36. The topological polar surface area (TPSA) is 51.4 Å². The van der Waals surface area contributed by atoms with Gasteiger partial charge in [-0.3, -0.25) is 4.98 Å². The molecule has 4 heteroatoms. The lowest BCUT2D eigenvalue weighted by Gasteiger charge is -2.29. The molecule has 2 atom stereocenters. The summed E-state index contributed by atoms with van der Waals surface area (Å²) in [6, 6.07) is 4.48. The second kappa shape index (κ2) is 7.34. The van der Waals surface area contributed by atoms with Crippen molar-refractivity contribution in [3.05, 3.63) is 24.0 Å². The number of hydrogen-bond acceptors (Lipinski definition) is 4. The van der Waals surface area contributed by atoms with Crippen LogP contribution in [-0.2, 0) is 4.74 Å². The SMILES string of the molecule is CCC(N)c1ccc(N(CC)C(C)COC)cn1. The van der Waals surface area contributed by atoms with Crippen LogP contribution in [0.5, 0.6) is 0 Å². The Balaban J connectivity index is 2.81. The van der Waals surface area contributed by atoms with Gasteiger partial charge in [-0.05, 0) is 32.4 Å². The normalized spacial score (nSPS) is 14.3. The summed E-state index contributed by atoms with van der Waals surface area (Å²) in [6.07, 6.45) is 2.81. The van der Waals surface area contributed by atoms with Crippen molar-refractivity contribution in [3.63, 3.8) is 0 Å². The Bertz CT molecular complexity index is 339. The van der Waals surface area contributed by atoms with Gasteiger partial charge in [-0.2, -0.15) is 0 Å². The first-order valence-electron chi connectivity index (χ1n) is 6.61. The van der Waals surface area contributed by atoms with Crippen molar-refractivity contribution in [1.29, 1.82) is 0 Å². The molecule has 1 heterocycles. The van der Waals surface area contributed by atoms with Crippen molar-refractivity contribution in [2.45, 2.75) is 39.3 Å². The van der Waals surface area contributed by atoms with Crippen molar-refractivity contribution in [1.82, 2.24) is 4.98 Å². The molecule has 2 unspecified atom stereocenters. The number of pyridine rings is 1. The van der Waals surface area contributed by atoms with E-state index < -0.39 is 0 Å². The number of methoxy groups -OCH3 is 1. The summed E-state index contributed by atoms with van der Waals surface area (Å²) in [6.45, 7) is 8.01. The summed E-state index contributed by atoms with van der Waals surface area (Å²) in [5.74, 6) is 0. The molecule has 0 aliphatic rings. The number of aromatic nitrogens is 1. The van der Waals surface area contributed by atoms with Gasteiger partial charge in [0.15, 0.2) is 0 Å². The molecular formula is C14H25N3O. The van der Waals surface area contributed by atoms with Gasteiger partial charge in [-0.15, -0.1) is 0 Å². The molecule has 0 aliphatic heterocycles. The molecule has 1 aromatic rings. The van der Waals surface area contributed by atoms with Crippen LogP contribution in [0.25, 0.3) is 0 Å². The van der Waals surface area contributed by atoms with E-state index in [4.69, 9.17) is 10.5 Å². The van der Waals surface area contributed by atoms with Crippen LogP contribution in [0.3, 0.4) is 0 Å². The zero-order valence-electron chi connectivity index (χ0n) is 11.9. The molecule has 1 rings (SSSR count). The molecule has 1 aromatic heterocycles. The summed E-state index contributed by atoms with van der Waals surface area (Å²) in [7, 11) is 1.73. The van der Waals surface area contributed by atoms with Crippen LogP contribution in [0.15, 0.2) is 18.3 Å². The van der Waals surface area contributed by atoms with Gasteiger partial charge in [0.2, 0.25) is 0 Å². The predicted molar refractivity (Wildman–Crippen MR) is 75.8 cm³/mol. The summed E-state index contributed by atoms with van der Waals surface area (Å²) in [5, 5.41) is 0. The van der Waals surface area contributed by atoms with Gasteiger partial charge in [-0.1, -0.05) is 6.92 Å². The summed E-state index contributed by atoms with van der Waals surface area (Å²) in [4.78, 5) is 6.73. The molecule has 4 nitrogen and oxygen atoms in total. The Hall–Kier alpha value is -1.13. The molecule has 0 amide bonds. The summed E-state index contributed by atoms with van der Waals surface area (Å²) >= 11 is 0. The number of rotatable bonds is 7. The first-order chi connectivity index (χ1) is 8.63. The van der Waals surface area contributed by atoms with Gasteiger partial charge in [-0.25, -0.2) is 0 Å². The number of hydrogen-bond donors (Lipinski definition) is 1. The van der Waals surface area contributed by atoms with Gasteiger partial charge in [0.1, 0.15) is 0 Å². The average molecular weight is 251 g/mol. The highest BCUT2D eigenvalue weighted by Crippen LogP contribution is 2.19. The van der Waals surface area contributed by atoms with E-state index in [9.17, 15) is 0 Å². The molecule has 102 valence electrons. The molecule has 0 aromatic carbocycles. The van der Waals surface area contributed by atoms with Crippen molar-refractivity contribution in [3.8, 4) is 0 Å². The molecule has 0 bridgehead atoms. The standard InChI is InChI=1S/C14H25N3O/c1-5-13(15)14-8-7-12(9-16-14)17(6-2)11(3)10-18-4/h7-9,11,13H,5-6,10,15H2,1-4H3. The number of anilines is 1. The smallest absolute Gasteiger partial charge is 0.0663 e. The maximum atomic E-state index is 5.96. The zero-order valence-corrected chi connectivity index (χ0v) is 11.9. The van der Waals surface area contributed by atoms with Gasteiger partial charge >= 0.3 is 0 Å². The van der Waals surface area contributed by atoms with Gasteiger partial charge in [0.25, 0.3) is 0 Å². The minimum atomic E-state index is 0.0329. The lowest BCUT2D eigenvalue weighted by molar-refractivity contribution is 0.182. The molecule has 0 aliphatic carbocycles. The van der Waals surface area contributed by atoms with Gasteiger partial charge in [0.05, 0.1) is 24.2 Å². The Morgan fingerprint density at radius 3 is 2.56 bits per heavy atom. The third kappa shape index (κ3) is 3.68.